The Bertz CT molecular complexity index is 223. The summed E-state index contributed by atoms with van der Waals surface area (Å²) in [4.78, 5) is 4.02. The first kappa shape index (κ1) is 9.41. The first-order chi connectivity index (χ1) is 5.64. The van der Waals surface area contributed by atoms with Crippen LogP contribution < -0.4 is 5.32 Å². The molecule has 0 aliphatic heterocycles. The molecule has 4 nitrogen and oxygen atoms in total. The monoisotopic (exact) mass is 187 g/mol. The molecule has 0 aliphatic rings. The van der Waals surface area contributed by atoms with Crippen molar-refractivity contribution in [3.8, 4) is 0 Å². The molecule has 12 heavy (non-hydrogen) atoms. The Morgan fingerprint density at radius 2 is 2.42 bits per heavy atom. The van der Waals surface area contributed by atoms with Crippen LogP contribution in [0.15, 0.2) is 6.33 Å². The molecule has 0 fully saturated rings. The third-order valence-corrected chi connectivity index (χ3v) is 1.89. The minimum atomic E-state index is -0.0890. The van der Waals surface area contributed by atoms with Crippen molar-refractivity contribution in [2.24, 2.45) is 0 Å². The molecule has 1 N–H and O–H groups in total. The van der Waals surface area contributed by atoms with Crippen molar-refractivity contribution in [2.45, 2.75) is 19.4 Å². The van der Waals surface area contributed by atoms with E-state index in [1.54, 1.807) is 7.11 Å². The first-order valence-electron chi connectivity index (χ1n) is 3.68. The third-order valence-electron chi connectivity index (χ3n) is 1.31. The number of aromatic nitrogens is 2. The van der Waals surface area contributed by atoms with E-state index < -0.39 is 0 Å². The van der Waals surface area contributed by atoms with E-state index in [4.69, 9.17) is 4.74 Å². The fourth-order valence-corrected chi connectivity index (χ4v) is 1.52. The molecule has 1 heterocycles. The molecule has 0 saturated heterocycles. The zero-order chi connectivity index (χ0) is 9.03. The molecule has 0 amide bonds. The van der Waals surface area contributed by atoms with Gasteiger partial charge in [0.25, 0.3) is 0 Å². The van der Waals surface area contributed by atoms with Crippen molar-refractivity contribution in [2.75, 3.05) is 19.0 Å². The summed E-state index contributed by atoms with van der Waals surface area (Å²) in [5.41, 5.74) is -0.0890. The molecule has 0 aliphatic carbocycles. The van der Waals surface area contributed by atoms with E-state index in [-0.39, 0.29) is 5.54 Å². The fourth-order valence-electron chi connectivity index (χ4n) is 0.915. The largest absolute Gasteiger partial charge is 0.382 e. The van der Waals surface area contributed by atoms with Gasteiger partial charge in [-0.3, -0.25) is 0 Å². The number of hydrogen-bond acceptors (Lipinski definition) is 5. The minimum absolute atomic E-state index is 0.0890. The van der Waals surface area contributed by atoms with E-state index in [2.05, 4.69) is 28.5 Å². The van der Waals surface area contributed by atoms with E-state index in [1.165, 1.54) is 17.9 Å². The standard InChI is InChI=1S/C7H13N3OS/c1-7(2,4-11-3)10-6-8-5-9-12-6/h5H,4H2,1-3H3,(H,8,9,10). The number of nitrogens with zero attached hydrogens (tertiary/aromatic N) is 2. The molecule has 0 atom stereocenters. The summed E-state index contributed by atoms with van der Waals surface area (Å²) in [7, 11) is 1.68. The lowest BCUT2D eigenvalue weighted by molar-refractivity contribution is 0.158. The molecular weight excluding hydrogens is 174 g/mol. The molecule has 68 valence electrons. The smallest absolute Gasteiger partial charge is 0.202 e. The number of hydrogen-bond donors (Lipinski definition) is 1. The molecule has 0 aromatic carbocycles. The average Bonchev–Trinajstić information content (AvgIpc) is 2.38. The molecule has 0 radical (unpaired) electrons. The van der Waals surface area contributed by atoms with Gasteiger partial charge in [0.15, 0.2) is 0 Å². The van der Waals surface area contributed by atoms with E-state index in [1.807, 2.05) is 0 Å². The van der Waals surface area contributed by atoms with Crippen LogP contribution in [0.4, 0.5) is 5.13 Å². The molecule has 0 saturated carbocycles. The molecular formula is C7H13N3OS. The number of anilines is 1. The Balaban J connectivity index is 2.50. The van der Waals surface area contributed by atoms with Crippen LogP contribution in [-0.2, 0) is 4.74 Å². The lowest BCUT2D eigenvalue weighted by Gasteiger charge is -2.24. The zero-order valence-corrected chi connectivity index (χ0v) is 8.31. The normalized spacial score (nSPS) is 11.6. The van der Waals surface area contributed by atoms with Gasteiger partial charge in [-0.05, 0) is 13.8 Å². The zero-order valence-electron chi connectivity index (χ0n) is 7.50. The van der Waals surface area contributed by atoms with Crippen molar-refractivity contribution in [3.63, 3.8) is 0 Å². The summed E-state index contributed by atoms with van der Waals surface area (Å²) in [6, 6.07) is 0. The van der Waals surface area contributed by atoms with Crippen molar-refractivity contribution in [1.82, 2.24) is 9.36 Å². The van der Waals surface area contributed by atoms with Crippen LogP contribution in [0.3, 0.4) is 0 Å². The fraction of sp³-hybridized carbons (Fsp3) is 0.714. The quantitative estimate of drug-likeness (QED) is 0.773. The van der Waals surface area contributed by atoms with Crippen LogP contribution in [0.2, 0.25) is 0 Å². The predicted octanol–water partition coefficient (Wildman–Crippen LogP) is 1.38. The van der Waals surface area contributed by atoms with Crippen molar-refractivity contribution in [3.05, 3.63) is 6.33 Å². The molecule has 0 spiro atoms. The van der Waals surface area contributed by atoms with Gasteiger partial charge in [-0.1, -0.05) is 0 Å². The molecule has 1 aromatic heterocycles. The summed E-state index contributed by atoms with van der Waals surface area (Å²) in [6.07, 6.45) is 1.54. The van der Waals surface area contributed by atoms with E-state index in [0.29, 0.717) is 6.61 Å². The van der Waals surface area contributed by atoms with Gasteiger partial charge in [-0.2, -0.15) is 4.37 Å². The molecule has 0 unspecified atom stereocenters. The highest BCUT2D eigenvalue weighted by molar-refractivity contribution is 7.09. The number of ether oxygens (including phenoxy) is 1. The second kappa shape index (κ2) is 3.82. The summed E-state index contributed by atoms with van der Waals surface area (Å²) in [5, 5.41) is 4.05. The Morgan fingerprint density at radius 1 is 1.67 bits per heavy atom. The highest BCUT2D eigenvalue weighted by atomic mass is 32.1. The summed E-state index contributed by atoms with van der Waals surface area (Å²) >= 11 is 1.35. The number of rotatable bonds is 4. The van der Waals surface area contributed by atoms with E-state index in [9.17, 15) is 0 Å². The van der Waals surface area contributed by atoms with Crippen molar-refractivity contribution >= 4 is 16.7 Å². The van der Waals surface area contributed by atoms with Crippen molar-refractivity contribution < 1.29 is 4.74 Å². The molecule has 1 rings (SSSR count). The highest BCUT2D eigenvalue weighted by Crippen LogP contribution is 2.15. The SMILES string of the molecule is COCC(C)(C)Nc1ncns1. The van der Waals surface area contributed by atoms with Gasteiger partial charge in [0.2, 0.25) is 5.13 Å². The van der Waals surface area contributed by atoms with Crippen molar-refractivity contribution in [1.29, 1.82) is 0 Å². The predicted molar refractivity (Wildman–Crippen MR) is 49.5 cm³/mol. The van der Waals surface area contributed by atoms with Gasteiger partial charge in [0.1, 0.15) is 6.33 Å². The van der Waals surface area contributed by atoms with E-state index in [0.717, 1.165) is 5.13 Å². The van der Waals surface area contributed by atoms with Crippen LogP contribution in [0.25, 0.3) is 0 Å². The average molecular weight is 187 g/mol. The van der Waals surface area contributed by atoms with E-state index >= 15 is 0 Å². The summed E-state index contributed by atoms with van der Waals surface area (Å²) in [5.74, 6) is 0. The Kier molecular flexibility index (Phi) is 2.99. The van der Waals surface area contributed by atoms with Crippen LogP contribution in [0.5, 0.6) is 0 Å². The van der Waals surface area contributed by atoms with Crippen LogP contribution in [0.1, 0.15) is 13.8 Å². The Hall–Kier alpha value is -0.680. The lowest BCUT2D eigenvalue weighted by atomic mass is 10.1. The van der Waals surface area contributed by atoms with Crippen LogP contribution in [0, 0.1) is 0 Å². The number of nitrogens with one attached hydrogen (secondary N) is 1. The first-order valence-corrected chi connectivity index (χ1v) is 4.45. The van der Waals surface area contributed by atoms with Gasteiger partial charge >= 0.3 is 0 Å². The number of methoxy groups -OCH3 is 1. The van der Waals surface area contributed by atoms with Gasteiger partial charge in [0, 0.05) is 18.6 Å². The molecule has 0 bridgehead atoms. The maximum atomic E-state index is 5.05. The maximum Gasteiger partial charge on any atom is 0.202 e. The highest BCUT2D eigenvalue weighted by Gasteiger charge is 2.17. The topological polar surface area (TPSA) is 47.0 Å². The maximum absolute atomic E-state index is 5.05. The Labute approximate surface area is 76.1 Å². The van der Waals surface area contributed by atoms with Gasteiger partial charge in [-0.25, -0.2) is 4.98 Å². The second-order valence-corrected chi connectivity index (χ2v) is 3.97. The second-order valence-electron chi connectivity index (χ2n) is 3.19. The summed E-state index contributed by atoms with van der Waals surface area (Å²) in [6.45, 7) is 4.75. The Morgan fingerprint density at radius 3 is 2.92 bits per heavy atom. The van der Waals surface area contributed by atoms with Crippen LogP contribution in [-0.4, -0.2) is 28.6 Å². The van der Waals surface area contributed by atoms with Crippen LogP contribution >= 0.6 is 11.5 Å². The van der Waals surface area contributed by atoms with Gasteiger partial charge < -0.3 is 10.1 Å². The van der Waals surface area contributed by atoms with Gasteiger partial charge in [-0.15, -0.1) is 0 Å². The summed E-state index contributed by atoms with van der Waals surface area (Å²) < 4.78 is 8.94. The minimum Gasteiger partial charge on any atom is -0.382 e. The molecule has 1 aromatic rings. The molecule has 5 heteroatoms. The van der Waals surface area contributed by atoms with Gasteiger partial charge in [0.05, 0.1) is 12.1 Å². The third kappa shape index (κ3) is 2.75. The lowest BCUT2D eigenvalue weighted by Crippen LogP contribution is -2.35.